The van der Waals surface area contributed by atoms with Gasteiger partial charge < -0.3 is 4.90 Å². The van der Waals surface area contributed by atoms with Gasteiger partial charge in [-0.1, -0.05) is 30.0 Å². The van der Waals surface area contributed by atoms with Crippen molar-refractivity contribution in [1.29, 1.82) is 0 Å². The molecule has 4 nitrogen and oxygen atoms in total. The fourth-order valence-corrected chi connectivity index (χ4v) is 3.27. The van der Waals surface area contributed by atoms with E-state index in [0.717, 1.165) is 17.7 Å². The molecule has 0 fully saturated rings. The summed E-state index contributed by atoms with van der Waals surface area (Å²) < 4.78 is 40.1. The SMILES string of the molecule is C[C@H]1CN(c2ccc(C(F)(F)F)cc2)C(=O)c2c(C#Cc3ccccc3)cnn21.S. The second-order valence-electron chi connectivity index (χ2n) is 6.78. The van der Waals surface area contributed by atoms with Crippen LogP contribution in [0.2, 0.25) is 0 Å². The Morgan fingerprint density at radius 3 is 2.33 bits per heavy atom. The van der Waals surface area contributed by atoms with Gasteiger partial charge in [-0.25, -0.2) is 0 Å². The number of fused-ring (bicyclic) bond motifs is 1. The number of rotatable bonds is 1. The van der Waals surface area contributed by atoms with Crippen LogP contribution >= 0.6 is 13.5 Å². The summed E-state index contributed by atoms with van der Waals surface area (Å²) in [7, 11) is 0. The van der Waals surface area contributed by atoms with Crippen LogP contribution in [0.5, 0.6) is 0 Å². The summed E-state index contributed by atoms with van der Waals surface area (Å²) >= 11 is 0. The molecule has 1 aromatic heterocycles. The summed E-state index contributed by atoms with van der Waals surface area (Å²) in [5.74, 6) is 5.67. The number of hydrogen-bond acceptors (Lipinski definition) is 2. The minimum absolute atomic E-state index is 0. The zero-order chi connectivity index (χ0) is 20.6. The van der Waals surface area contributed by atoms with Crippen LogP contribution in [0.15, 0.2) is 60.8 Å². The van der Waals surface area contributed by atoms with Crippen LogP contribution in [0.1, 0.15) is 40.1 Å². The lowest BCUT2D eigenvalue weighted by Crippen LogP contribution is -2.43. The van der Waals surface area contributed by atoms with Gasteiger partial charge in [0.2, 0.25) is 0 Å². The Labute approximate surface area is 178 Å². The largest absolute Gasteiger partial charge is 0.416 e. The molecule has 1 aliphatic heterocycles. The third kappa shape index (κ3) is 4.07. The zero-order valence-electron chi connectivity index (χ0n) is 15.9. The van der Waals surface area contributed by atoms with Crippen LogP contribution in [-0.2, 0) is 6.18 Å². The van der Waals surface area contributed by atoms with Gasteiger partial charge in [0.05, 0.1) is 23.4 Å². The number of nitrogens with zero attached hydrogens (tertiary/aromatic N) is 3. The molecule has 0 N–H and O–H groups in total. The van der Waals surface area contributed by atoms with E-state index < -0.39 is 11.7 Å². The van der Waals surface area contributed by atoms with Crippen molar-refractivity contribution in [2.45, 2.75) is 19.1 Å². The molecule has 0 saturated heterocycles. The standard InChI is InChI=1S/C22H16F3N3O.H2S/c1-15-14-27(19-11-9-18(10-12-19)22(23,24)25)21(29)20-17(13-26-28(15)20)8-7-16-5-3-2-4-6-16;/h2-6,9-13,15H,14H2,1H3;1H2/t15-;/m0./s1. The molecule has 8 heteroatoms. The summed E-state index contributed by atoms with van der Waals surface area (Å²) in [5.41, 5.74) is 1.29. The Hall–Kier alpha value is -3.18. The number of anilines is 1. The highest BCUT2D eigenvalue weighted by atomic mass is 32.1. The zero-order valence-corrected chi connectivity index (χ0v) is 16.9. The predicted octanol–water partition coefficient (Wildman–Crippen LogP) is 4.64. The molecule has 4 rings (SSSR count). The third-order valence-corrected chi connectivity index (χ3v) is 4.73. The number of carbonyl (C=O) groups excluding carboxylic acids is 1. The first-order valence-electron chi connectivity index (χ1n) is 8.98. The number of aromatic nitrogens is 2. The number of alkyl halides is 3. The fourth-order valence-electron chi connectivity index (χ4n) is 3.27. The fraction of sp³-hybridized carbons (Fsp3) is 0.182. The first kappa shape index (κ1) is 21.5. The Bertz CT molecular complexity index is 1110. The third-order valence-electron chi connectivity index (χ3n) is 4.73. The molecule has 30 heavy (non-hydrogen) atoms. The van der Waals surface area contributed by atoms with Crippen molar-refractivity contribution in [3.05, 3.63) is 83.2 Å². The van der Waals surface area contributed by atoms with E-state index >= 15 is 0 Å². The molecular formula is C22H18F3N3OS. The lowest BCUT2D eigenvalue weighted by molar-refractivity contribution is -0.137. The van der Waals surface area contributed by atoms with Gasteiger partial charge in [-0.3, -0.25) is 9.48 Å². The first-order chi connectivity index (χ1) is 13.8. The van der Waals surface area contributed by atoms with Crippen LogP contribution in [0.25, 0.3) is 0 Å². The highest BCUT2D eigenvalue weighted by Gasteiger charge is 2.34. The number of carbonyl (C=O) groups is 1. The normalized spacial score (nSPS) is 15.7. The molecule has 1 aliphatic rings. The summed E-state index contributed by atoms with van der Waals surface area (Å²) in [6, 6.07) is 13.8. The predicted molar refractivity (Wildman–Crippen MR) is 113 cm³/mol. The van der Waals surface area contributed by atoms with E-state index in [9.17, 15) is 18.0 Å². The van der Waals surface area contributed by atoms with Crippen LogP contribution in [0.3, 0.4) is 0 Å². The molecule has 1 amide bonds. The molecule has 0 unspecified atom stereocenters. The number of halogens is 3. The quantitative estimate of drug-likeness (QED) is 0.529. The Morgan fingerprint density at radius 2 is 1.70 bits per heavy atom. The van der Waals surface area contributed by atoms with Crippen LogP contribution in [0, 0.1) is 11.8 Å². The highest BCUT2D eigenvalue weighted by Crippen LogP contribution is 2.32. The topological polar surface area (TPSA) is 38.1 Å². The van der Waals surface area contributed by atoms with E-state index in [4.69, 9.17) is 0 Å². The van der Waals surface area contributed by atoms with Gasteiger partial charge in [0.15, 0.2) is 0 Å². The lowest BCUT2D eigenvalue weighted by atomic mass is 10.1. The average Bonchev–Trinajstić information content (AvgIpc) is 3.14. The molecule has 1 atom stereocenters. The summed E-state index contributed by atoms with van der Waals surface area (Å²) in [6.45, 7) is 2.21. The molecule has 0 radical (unpaired) electrons. The first-order valence-corrected chi connectivity index (χ1v) is 8.98. The molecule has 2 heterocycles. The number of hydrogen-bond donors (Lipinski definition) is 0. The van der Waals surface area contributed by atoms with E-state index in [0.29, 0.717) is 23.5 Å². The van der Waals surface area contributed by atoms with Gasteiger partial charge in [-0.15, -0.1) is 0 Å². The minimum atomic E-state index is -4.42. The second kappa shape index (κ2) is 8.28. The van der Waals surface area contributed by atoms with Crippen molar-refractivity contribution in [3.63, 3.8) is 0 Å². The van der Waals surface area contributed by atoms with Gasteiger partial charge in [0.25, 0.3) is 5.91 Å². The molecule has 0 saturated carbocycles. The van der Waals surface area contributed by atoms with Crippen molar-refractivity contribution < 1.29 is 18.0 Å². The van der Waals surface area contributed by atoms with Gasteiger partial charge >= 0.3 is 6.18 Å². The lowest BCUT2D eigenvalue weighted by Gasteiger charge is -2.32. The van der Waals surface area contributed by atoms with Crippen molar-refractivity contribution >= 4 is 25.1 Å². The van der Waals surface area contributed by atoms with Gasteiger partial charge in [0.1, 0.15) is 5.69 Å². The molecule has 0 aliphatic carbocycles. The van der Waals surface area contributed by atoms with E-state index in [1.54, 1.807) is 10.9 Å². The van der Waals surface area contributed by atoms with Crippen LogP contribution in [-0.4, -0.2) is 22.2 Å². The minimum Gasteiger partial charge on any atom is -0.305 e. The second-order valence-corrected chi connectivity index (χ2v) is 6.78. The van der Waals surface area contributed by atoms with Crippen molar-refractivity contribution in [3.8, 4) is 11.8 Å². The summed E-state index contributed by atoms with van der Waals surface area (Å²) in [4.78, 5) is 14.6. The van der Waals surface area contributed by atoms with E-state index in [1.807, 2.05) is 37.3 Å². The molecule has 3 aromatic rings. The van der Waals surface area contributed by atoms with E-state index in [-0.39, 0.29) is 25.4 Å². The maximum absolute atomic E-state index is 13.1. The Kier molecular flexibility index (Phi) is 5.94. The van der Waals surface area contributed by atoms with E-state index in [2.05, 4.69) is 16.9 Å². The van der Waals surface area contributed by atoms with Crippen LogP contribution < -0.4 is 4.90 Å². The molecule has 2 aromatic carbocycles. The Morgan fingerprint density at radius 1 is 1.03 bits per heavy atom. The van der Waals surface area contributed by atoms with Gasteiger partial charge in [-0.05, 0) is 43.3 Å². The van der Waals surface area contributed by atoms with Crippen molar-refractivity contribution in [1.82, 2.24) is 9.78 Å². The summed E-state index contributed by atoms with van der Waals surface area (Å²) in [5, 5.41) is 4.29. The smallest absolute Gasteiger partial charge is 0.305 e. The number of benzene rings is 2. The molecular weight excluding hydrogens is 411 g/mol. The maximum Gasteiger partial charge on any atom is 0.416 e. The average molecular weight is 429 g/mol. The van der Waals surface area contributed by atoms with Crippen molar-refractivity contribution in [2.75, 3.05) is 11.4 Å². The van der Waals surface area contributed by atoms with Crippen molar-refractivity contribution in [2.24, 2.45) is 0 Å². The molecule has 0 spiro atoms. The monoisotopic (exact) mass is 429 g/mol. The molecule has 154 valence electrons. The maximum atomic E-state index is 13.1. The van der Waals surface area contributed by atoms with Crippen LogP contribution in [0.4, 0.5) is 18.9 Å². The number of amides is 1. The summed E-state index contributed by atoms with van der Waals surface area (Å²) in [6.07, 6.45) is -2.87. The van der Waals surface area contributed by atoms with Gasteiger partial charge in [-0.2, -0.15) is 31.8 Å². The van der Waals surface area contributed by atoms with Gasteiger partial charge in [0, 0.05) is 17.8 Å². The molecule has 0 bridgehead atoms. The van der Waals surface area contributed by atoms with E-state index in [1.165, 1.54) is 17.0 Å². The Balaban J connectivity index is 0.00000256. The highest BCUT2D eigenvalue weighted by molar-refractivity contribution is 7.59.